The van der Waals surface area contributed by atoms with E-state index in [1.807, 2.05) is 36.0 Å². The van der Waals surface area contributed by atoms with Gasteiger partial charge < -0.3 is 4.74 Å². The number of carbonyl (C=O) groups is 1. The Morgan fingerprint density at radius 2 is 1.79 bits per heavy atom. The van der Waals surface area contributed by atoms with Crippen molar-refractivity contribution < 1.29 is 9.53 Å². The second kappa shape index (κ2) is 8.26. The second-order valence-electron chi connectivity index (χ2n) is 5.27. The van der Waals surface area contributed by atoms with E-state index in [4.69, 9.17) is 0 Å². The van der Waals surface area contributed by atoms with Crippen LogP contribution >= 0.6 is 11.8 Å². The second-order valence-corrected chi connectivity index (χ2v) is 6.78. The van der Waals surface area contributed by atoms with Crippen LogP contribution in [0.25, 0.3) is 0 Å². The van der Waals surface area contributed by atoms with E-state index in [1.165, 1.54) is 31.3 Å². The number of rotatable bonds is 7. The first kappa shape index (κ1) is 16.1. The van der Waals surface area contributed by atoms with Crippen molar-refractivity contribution in [2.45, 2.75) is 50.2 Å². The summed E-state index contributed by atoms with van der Waals surface area (Å²) in [6, 6.07) is 7.65. The summed E-state index contributed by atoms with van der Waals surface area (Å²) in [7, 11) is 1.40. The van der Waals surface area contributed by atoms with Crippen molar-refractivity contribution in [1.82, 2.24) is 0 Å². The number of esters is 1. The molecule has 0 heterocycles. The molecule has 0 spiro atoms. The average Bonchev–Trinajstić information content (AvgIpc) is 2.38. The minimum absolute atomic E-state index is 0.276. The van der Waals surface area contributed by atoms with E-state index in [0.29, 0.717) is 10.8 Å². The van der Waals surface area contributed by atoms with Gasteiger partial charge in [-0.3, -0.25) is 0 Å². The number of thioether (sulfide) groups is 1. The Morgan fingerprint density at radius 3 is 2.32 bits per heavy atom. The summed E-state index contributed by atoms with van der Waals surface area (Å²) >= 11 is 1.87. The maximum absolute atomic E-state index is 11.3. The van der Waals surface area contributed by atoms with Crippen LogP contribution in [0, 0.1) is 5.92 Å². The van der Waals surface area contributed by atoms with Crippen LogP contribution in [0.3, 0.4) is 0 Å². The van der Waals surface area contributed by atoms with Gasteiger partial charge in [0.25, 0.3) is 0 Å². The smallest absolute Gasteiger partial charge is 0.337 e. The Balaban J connectivity index is 2.42. The van der Waals surface area contributed by atoms with Crippen LogP contribution in [-0.4, -0.2) is 18.3 Å². The predicted molar refractivity (Wildman–Crippen MR) is 81.8 cm³/mol. The molecule has 1 unspecified atom stereocenters. The summed E-state index contributed by atoms with van der Waals surface area (Å²) in [5, 5.41) is 0.614. The lowest BCUT2D eigenvalue weighted by Gasteiger charge is -2.12. The first-order chi connectivity index (χ1) is 9.02. The van der Waals surface area contributed by atoms with Crippen molar-refractivity contribution in [2.75, 3.05) is 7.11 Å². The van der Waals surface area contributed by atoms with Crippen LogP contribution in [0.2, 0.25) is 0 Å². The number of carbonyl (C=O) groups excluding carboxylic acids is 1. The molecule has 0 N–H and O–H groups in total. The molecule has 1 aromatic rings. The molecule has 0 fully saturated rings. The molecule has 0 radical (unpaired) electrons. The molecular formula is C16H24O2S. The number of ether oxygens (including phenoxy) is 1. The molecule has 1 rings (SSSR count). The van der Waals surface area contributed by atoms with Crippen LogP contribution in [0.1, 0.15) is 50.4 Å². The molecule has 1 atom stereocenters. The SMILES string of the molecule is COC(=O)c1ccc(SC(C)CCCC(C)C)cc1. The number of methoxy groups -OCH3 is 1. The van der Waals surface area contributed by atoms with E-state index in [0.717, 1.165) is 5.92 Å². The monoisotopic (exact) mass is 280 g/mol. The van der Waals surface area contributed by atoms with Crippen LogP contribution in [0.15, 0.2) is 29.2 Å². The summed E-state index contributed by atoms with van der Waals surface area (Å²) in [5.41, 5.74) is 0.610. The zero-order valence-corrected chi connectivity index (χ0v) is 13.1. The molecular weight excluding hydrogens is 256 g/mol. The molecule has 0 aliphatic heterocycles. The highest BCUT2D eigenvalue weighted by molar-refractivity contribution is 7.99. The fraction of sp³-hybridized carbons (Fsp3) is 0.562. The topological polar surface area (TPSA) is 26.3 Å². The van der Waals surface area contributed by atoms with Gasteiger partial charge in [-0.15, -0.1) is 11.8 Å². The number of hydrogen-bond donors (Lipinski definition) is 0. The minimum atomic E-state index is -0.276. The molecule has 19 heavy (non-hydrogen) atoms. The zero-order chi connectivity index (χ0) is 14.3. The molecule has 0 saturated heterocycles. The lowest BCUT2D eigenvalue weighted by atomic mass is 10.1. The molecule has 0 aliphatic rings. The van der Waals surface area contributed by atoms with Crippen LogP contribution in [0.4, 0.5) is 0 Å². The van der Waals surface area contributed by atoms with Crippen molar-refractivity contribution in [3.05, 3.63) is 29.8 Å². The average molecular weight is 280 g/mol. The Hall–Kier alpha value is -0.960. The first-order valence-electron chi connectivity index (χ1n) is 6.88. The van der Waals surface area contributed by atoms with Crippen LogP contribution < -0.4 is 0 Å². The fourth-order valence-electron chi connectivity index (χ4n) is 1.89. The summed E-state index contributed by atoms with van der Waals surface area (Å²) < 4.78 is 4.69. The summed E-state index contributed by atoms with van der Waals surface area (Å²) in [5.74, 6) is 0.512. The molecule has 0 aromatic heterocycles. The highest BCUT2D eigenvalue weighted by Crippen LogP contribution is 2.27. The first-order valence-corrected chi connectivity index (χ1v) is 7.76. The van der Waals surface area contributed by atoms with E-state index in [2.05, 4.69) is 25.5 Å². The van der Waals surface area contributed by atoms with Crippen LogP contribution in [-0.2, 0) is 4.74 Å². The third-order valence-electron chi connectivity index (χ3n) is 3.00. The van der Waals surface area contributed by atoms with Gasteiger partial charge in [-0.25, -0.2) is 4.79 Å². The van der Waals surface area contributed by atoms with Gasteiger partial charge >= 0.3 is 5.97 Å². The van der Waals surface area contributed by atoms with Gasteiger partial charge in [-0.1, -0.05) is 33.6 Å². The molecule has 1 aromatic carbocycles. The van der Waals surface area contributed by atoms with Gasteiger partial charge in [0.2, 0.25) is 0 Å². The molecule has 0 amide bonds. The van der Waals surface area contributed by atoms with Crippen molar-refractivity contribution in [1.29, 1.82) is 0 Å². The van der Waals surface area contributed by atoms with E-state index >= 15 is 0 Å². The van der Waals surface area contributed by atoms with Crippen molar-refractivity contribution >= 4 is 17.7 Å². The molecule has 106 valence electrons. The minimum Gasteiger partial charge on any atom is -0.465 e. The molecule has 0 bridgehead atoms. The van der Waals surface area contributed by atoms with E-state index in [1.54, 1.807) is 0 Å². The van der Waals surface area contributed by atoms with Crippen molar-refractivity contribution in [3.8, 4) is 0 Å². The largest absolute Gasteiger partial charge is 0.465 e. The Bertz CT molecular complexity index is 384. The van der Waals surface area contributed by atoms with Crippen LogP contribution in [0.5, 0.6) is 0 Å². The molecule has 0 saturated carbocycles. The molecule has 0 aliphatic carbocycles. The molecule has 2 nitrogen and oxygen atoms in total. The van der Waals surface area contributed by atoms with Gasteiger partial charge in [0, 0.05) is 10.1 Å². The van der Waals surface area contributed by atoms with Gasteiger partial charge in [-0.2, -0.15) is 0 Å². The summed E-state index contributed by atoms with van der Waals surface area (Å²) in [4.78, 5) is 12.5. The lowest BCUT2D eigenvalue weighted by molar-refractivity contribution is 0.0600. The van der Waals surface area contributed by atoms with E-state index < -0.39 is 0 Å². The Labute approximate surface area is 120 Å². The Kier molecular flexibility index (Phi) is 7.00. The standard InChI is InChI=1S/C16H24O2S/c1-12(2)6-5-7-13(3)19-15-10-8-14(9-11-15)16(17)18-4/h8-13H,5-7H2,1-4H3. The Morgan fingerprint density at radius 1 is 1.16 bits per heavy atom. The maximum Gasteiger partial charge on any atom is 0.337 e. The van der Waals surface area contributed by atoms with Crippen molar-refractivity contribution in [3.63, 3.8) is 0 Å². The normalized spacial score (nSPS) is 12.5. The van der Waals surface area contributed by atoms with E-state index in [-0.39, 0.29) is 5.97 Å². The maximum atomic E-state index is 11.3. The highest BCUT2D eigenvalue weighted by Gasteiger charge is 2.07. The molecule has 3 heteroatoms. The predicted octanol–water partition coefficient (Wildman–Crippen LogP) is 4.78. The van der Waals surface area contributed by atoms with Gasteiger partial charge in [0.05, 0.1) is 12.7 Å². The fourth-order valence-corrected chi connectivity index (χ4v) is 2.93. The summed E-state index contributed by atoms with van der Waals surface area (Å²) in [6.45, 7) is 6.80. The van der Waals surface area contributed by atoms with Gasteiger partial charge in [0.1, 0.15) is 0 Å². The highest BCUT2D eigenvalue weighted by atomic mass is 32.2. The van der Waals surface area contributed by atoms with Gasteiger partial charge in [0.15, 0.2) is 0 Å². The summed E-state index contributed by atoms with van der Waals surface area (Å²) in [6.07, 6.45) is 3.82. The van der Waals surface area contributed by atoms with E-state index in [9.17, 15) is 4.79 Å². The third kappa shape index (κ3) is 6.15. The lowest BCUT2D eigenvalue weighted by Crippen LogP contribution is -2.01. The van der Waals surface area contributed by atoms with Crippen molar-refractivity contribution in [2.24, 2.45) is 5.92 Å². The number of hydrogen-bond acceptors (Lipinski definition) is 3. The zero-order valence-electron chi connectivity index (χ0n) is 12.3. The number of benzene rings is 1. The van der Waals surface area contributed by atoms with Gasteiger partial charge in [-0.05, 0) is 36.6 Å². The quantitative estimate of drug-likeness (QED) is 0.531. The third-order valence-corrected chi connectivity index (χ3v) is 4.19.